The molecule has 5 heteroatoms. The summed E-state index contributed by atoms with van der Waals surface area (Å²) in [5.41, 5.74) is 0.301. The summed E-state index contributed by atoms with van der Waals surface area (Å²) < 4.78 is 13.3. The van der Waals surface area contributed by atoms with E-state index in [0.717, 1.165) is 6.07 Å². The highest BCUT2D eigenvalue weighted by atomic mass is 35.5. The first-order valence-corrected chi connectivity index (χ1v) is 5.26. The van der Waals surface area contributed by atoms with Gasteiger partial charge in [-0.05, 0) is 24.6 Å². The lowest BCUT2D eigenvalue weighted by Crippen LogP contribution is -2.12. The van der Waals surface area contributed by atoms with E-state index in [2.05, 4.69) is 5.32 Å². The van der Waals surface area contributed by atoms with Crippen molar-refractivity contribution in [1.29, 1.82) is 5.26 Å². The number of rotatable bonds is 4. The van der Waals surface area contributed by atoms with Crippen LogP contribution in [0.15, 0.2) is 18.2 Å². The van der Waals surface area contributed by atoms with Crippen molar-refractivity contribution < 1.29 is 9.18 Å². The number of carbonyl (C=O) groups is 1. The molecule has 0 bridgehead atoms. The Morgan fingerprint density at radius 3 is 2.88 bits per heavy atom. The van der Waals surface area contributed by atoms with E-state index in [0.29, 0.717) is 12.3 Å². The number of alkyl halides is 1. The fraction of sp³-hybridized carbons (Fsp3) is 0.273. The number of amides is 1. The lowest BCUT2D eigenvalue weighted by molar-refractivity contribution is -0.116. The second-order valence-corrected chi connectivity index (χ2v) is 3.53. The van der Waals surface area contributed by atoms with E-state index in [1.165, 1.54) is 12.1 Å². The molecule has 0 spiro atoms. The highest BCUT2D eigenvalue weighted by Gasteiger charge is 2.07. The summed E-state index contributed by atoms with van der Waals surface area (Å²) in [7, 11) is 0. The molecule has 0 heterocycles. The van der Waals surface area contributed by atoms with Crippen LogP contribution in [0.4, 0.5) is 10.1 Å². The molecule has 1 amide bonds. The maximum absolute atomic E-state index is 13.3. The molecule has 0 saturated carbocycles. The van der Waals surface area contributed by atoms with Gasteiger partial charge in [0.2, 0.25) is 5.91 Å². The van der Waals surface area contributed by atoms with Gasteiger partial charge < -0.3 is 5.32 Å². The van der Waals surface area contributed by atoms with Gasteiger partial charge in [0.25, 0.3) is 0 Å². The van der Waals surface area contributed by atoms with Gasteiger partial charge in [0.15, 0.2) is 0 Å². The smallest absolute Gasteiger partial charge is 0.224 e. The van der Waals surface area contributed by atoms with Crippen LogP contribution in [0.5, 0.6) is 0 Å². The number of nitrogens with one attached hydrogen (secondary N) is 1. The van der Waals surface area contributed by atoms with Crippen LogP contribution in [0, 0.1) is 17.1 Å². The number of anilines is 1. The highest BCUT2D eigenvalue weighted by Crippen LogP contribution is 2.15. The van der Waals surface area contributed by atoms with Crippen LogP contribution in [-0.4, -0.2) is 11.8 Å². The SMILES string of the molecule is N#Cc1ccc(NC(=O)CCCCl)c(F)c1. The molecule has 3 nitrogen and oxygen atoms in total. The third-order valence-electron chi connectivity index (χ3n) is 1.91. The molecular weight excluding hydrogens is 231 g/mol. The maximum atomic E-state index is 13.3. The lowest BCUT2D eigenvalue weighted by atomic mass is 10.2. The zero-order valence-electron chi connectivity index (χ0n) is 8.46. The monoisotopic (exact) mass is 240 g/mol. The summed E-state index contributed by atoms with van der Waals surface area (Å²) in [5, 5.41) is 10.9. The summed E-state index contributed by atoms with van der Waals surface area (Å²) in [4.78, 5) is 11.3. The Balaban J connectivity index is 2.68. The zero-order valence-corrected chi connectivity index (χ0v) is 9.22. The molecule has 0 unspecified atom stereocenters. The molecule has 16 heavy (non-hydrogen) atoms. The Bertz CT molecular complexity index is 428. The largest absolute Gasteiger partial charge is 0.324 e. The molecule has 0 fully saturated rings. The van der Waals surface area contributed by atoms with Crippen molar-refractivity contribution in [2.75, 3.05) is 11.2 Å². The van der Waals surface area contributed by atoms with Crippen molar-refractivity contribution >= 4 is 23.2 Å². The molecule has 1 aromatic carbocycles. The first-order valence-electron chi connectivity index (χ1n) is 4.73. The van der Waals surface area contributed by atoms with Crippen molar-refractivity contribution in [3.05, 3.63) is 29.6 Å². The van der Waals surface area contributed by atoms with Crippen LogP contribution in [-0.2, 0) is 4.79 Å². The average molecular weight is 241 g/mol. The van der Waals surface area contributed by atoms with Crippen LogP contribution in [0.25, 0.3) is 0 Å². The van der Waals surface area contributed by atoms with Crippen LogP contribution in [0.2, 0.25) is 0 Å². The predicted octanol–water partition coefficient (Wildman–Crippen LogP) is 2.65. The summed E-state index contributed by atoms with van der Waals surface area (Å²) in [6.45, 7) is 0. The van der Waals surface area contributed by atoms with Gasteiger partial charge in [-0.25, -0.2) is 4.39 Å². The fourth-order valence-electron chi connectivity index (χ4n) is 1.13. The van der Waals surface area contributed by atoms with E-state index in [-0.39, 0.29) is 23.6 Å². The molecule has 0 atom stereocenters. The summed E-state index contributed by atoms with van der Waals surface area (Å²) in [6.07, 6.45) is 0.800. The van der Waals surface area contributed by atoms with E-state index in [1.54, 1.807) is 0 Å². The van der Waals surface area contributed by atoms with Gasteiger partial charge in [-0.2, -0.15) is 5.26 Å². The molecule has 0 radical (unpaired) electrons. The third kappa shape index (κ3) is 3.52. The third-order valence-corrected chi connectivity index (χ3v) is 2.18. The number of benzene rings is 1. The first-order chi connectivity index (χ1) is 7.67. The normalized spacial score (nSPS) is 9.56. The average Bonchev–Trinajstić information content (AvgIpc) is 2.29. The van der Waals surface area contributed by atoms with Gasteiger partial charge >= 0.3 is 0 Å². The standard InChI is InChI=1S/C11H10ClFN2O/c12-5-1-2-11(16)15-10-4-3-8(7-14)6-9(10)13/h3-4,6H,1-2,5H2,(H,15,16). The molecule has 0 aliphatic carbocycles. The van der Waals surface area contributed by atoms with Crippen molar-refractivity contribution in [3.8, 4) is 6.07 Å². The van der Waals surface area contributed by atoms with Gasteiger partial charge in [0.1, 0.15) is 5.82 Å². The quantitative estimate of drug-likeness (QED) is 0.823. The van der Waals surface area contributed by atoms with E-state index in [9.17, 15) is 9.18 Å². The Hall–Kier alpha value is -1.60. The second-order valence-electron chi connectivity index (χ2n) is 3.15. The van der Waals surface area contributed by atoms with E-state index < -0.39 is 5.82 Å². The fourth-order valence-corrected chi connectivity index (χ4v) is 1.26. The molecule has 0 saturated heterocycles. The second kappa shape index (κ2) is 6.09. The number of hydrogen-bond acceptors (Lipinski definition) is 2. The molecule has 0 aliphatic heterocycles. The van der Waals surface area contributed by atoms with E-state index in [4.69, 9.17) is 16.9 Å². The topological polar surface area (TPSA) is 52.9 Å². The maximum Gasteiger partial charge on any atom is 0.224 e. The minimum Gasteiger partial charge on any atom is -0.324 e. The Kier molecular flexibility index (Phi) is 4.74. The van der Waals surface area contributed by atoms with Crippen molar-refractivity contribution in [3.63, 3.8) is 0 Å². The van der Waals surface area contributed by atoms with Crippen molar-refractivity contribution in [2.45, 2.75) is 12.8 Å². The summed E-state index contributed by atoms with van der Waals surface area (Å²) in [5.74, 6) is -0.508. The number of nitrogens with zero attached hydrogens (tertiary/aromatic N) is 1. The molecule has 0 aromatic heterocycles. The predicted molar refractivity (Wildman–Crippen MR) is 59.7 cm³/mol. The number of carbonyl (C=O) groups excluding carboxylic acids is 1. The lowest BCUT2D eigenvalue weighted by Gasteiger charge is -2.05. The molecule has 1 N–H and O–H groups in total. The first kappa shape index (κ1) is 12.5. The van der Waals surface area contributed by atoms with Gasteiger partial charge in [0, 0.05) is 12.3 Å². The Morgan fingerprint density at radius 2 is 2.31 bits per heavy atom. The van der Waals surface area contributed by atoms with Crippen LogP contribution in [0.3, 0.4) is 0 Å². The molecule has 1 rings (SSSR count). The minimum absolute atomic E-state index is 0.0820. The van der Waals surface area contributed by atoms with Crippen LogP contribution in [0.1, 0.15) is 18.4 Å². The molecule has 84 valence electrons. The van der Waals surface area contributed by atoms with Gasteiger partial charge in [-0.3, -0.25) is 4.79 Å². The summed E-state index contributed by atoms with van der Waals surface area (Å²) in [6, 6.07) is 5.71. The van der Waals surface area contributed by atoms with Gasteiger partial charge in [-0.15, -0.1) is 11.6 Å². The van der Waals surface area contributed by atoms with Gasteiger partial charge in [0.05, 0.1) is 17.3 Å². The zero-order chi connectivity index (χ0) is 12.0. The van der Waals surface area contributed by atoms with E-state index in [1.807, 2.05) is 6.07 Å². The highest BCUT2D eigenvalue weighted by molar-refractivity contribution is 6.18. The number of hydrogen-bond donors (Lipinski definition) is 1. The number of halogens is 2. The molecule has 1 aromatic rings. The number of nitriles is 1. The van der Waals surface area contributed by atoms with Crippen molar-refractivity contribution in [1.82, 2.24) is 0 Å². The van der Waals surface area contributed by atoms with Gasteiger partial charge in [-0.1, -0.05) is 0 Å². The van der Waals surface area contributed by atoms with Crippen molar-refractivity contribution in [2.24, 2.45) is 0 Å². The Labute approximate surface area is 97.8 Å². The van der Waals surface area contributed by atoms with Crippen LogP contribution < -0.4 is 5.32 Å². The minimum atomic E-state index is -0.613. The molecule has 0 aliphatic rings. The molecular formula is C11H10ClFN2O. The summed E-state index contributed by atoms with van der Waals surface area (Å²) >= 11 is 5.43. The van der Waals surface area contributed by atoms with E-state index >= 15 is 0 Å². The van der Waals surface area contributed by atoms with Crippen LogP contribution >= 0.6 is 11.6 Å². The Morgan fingerprint density at radius 1 is 1.56 bits per heavy atom.